The number of hydrogen-bond acceptors (Lipinski definition) is 7. The summed E-state index contributed by atoms with van der Waals surface area (Å²) in [6.07, 6.45) is -1.12. The predicted molar refractivity (Wildman–Crippen MR) is 114 cm³/mol. The molecule has 12 heteroatoms. The molecular weight excluding hydrogens is 463 g/mol. The van der Waals surface area contributed by atoms with Crippen LogP contribution in [-0.2, 0) is 11.0 Å². The summed E-state index contributed by atoms with van der Waals surface area (Å²) in [5.74, 6) is 0.305. The molecule has 33 heavy (non-hydrogen) atoms. The molecule has 0 fully saturated rings. The Kier molecular flexibility index (Phi) is 6.43. The highest BCUT2D eigenvalue weighted by Gasteiger charge is 2.35. The molecule has 2 aromatic heterocycles. The van der Waals surface area contributed by atoms with Gasteiger partial charge in [0.05, 0.1) is 24.7 Å². The SMILES string of the molecule is COc1nc(C2=N[C@@H](COc3ccc(Cl)cc3C(F)(F)F)CON2)ccc1-n1cnc(C)c1. The summed E-state index contributed by atoms with van der Waals surface area (Å²) in [5, 5.41) is -0.0329. The Balaban J connectivity index is 1.53. The zero-order valence-electron chi connectivity index (χ0n) is 17.6. The van der Waals surface area contributed by atoms with E-state index < -0.39 is 17.8 Å². The lowest BCUT2D eigenvalue weighted by atomic mass is 10.2. The van der Waals surface area contributed by atoms with Gasteiger partial charge in [-0.1, -0.05) is 11.6 Å². The van der Waals surface area contributed by atoms with Crippen molar-refractivity contribution in [3.05, 3.63) is 64.8 Å². The number of rotatable bonds is 6. The van der Waals surface area contributed by atoms with Crippen molar-refractivity contribution in [1.29, 1.82) is 0 Å². The smallest absolute Gasteiger partial charge is 0.420 e. The molecule has 3 heterocycles. The molecule has 0 saturated carbocycles. The molecular formula is C21H19ClF3N5O3. The number of methoxy groups -OCH3 is 1. The highest BCUT2D eigenvalue weighted by Crippen LogP contribution is 2.38. The number of nitrogens with zero attached hydrogens (tertiary/aromatic N) is 4. The van der Waals surface area contributed by atoms with Crippen LogP contribution in [0.4, 0.5) is 13.2 Å². The average Bonchev–Trinajstić information content (AvgIpc) is 3.23. The van der Waals surface area contributed by atoms with Crippen LogP contribution in [0.1, 0.15) is 17.0 Å². The van der Waals surface area contributed by atoms with Crippen LogP contribution in [0, 0.1) is 6.92 Å². The number of pyridine rings is 1. The summed E-state index contributed by atoms with van der Waals surface area (Å²) in [5.41, 5.74) is 3.68. The molecule has 0 unspecified atom stereocenters. The second-order valence-electron chi connectivity index (χ2n) is 7.14. The third kappa shape index (κ3) is 5.20. The molecule has 0 aliphatic carbocycles. The first-order chi connectivity index (χ1) is 15.7. The van der Waals surface area contributed by atoms with Crippen LogP contribution in [0.3, 0.4) is 0 Å². The van der Waals surface area contributed by atoms with Crippen molar-refractivity contribution in [1.82, 2.24) is 20.0 Å². The number of halogens is 4. The van der Waals surface area contributed by atoms with Crippen LogP contribution in [0.5, 0.6) is 11.6 Å². The van der Waals surface area contributed by atoms with Gasteiger partial charge in [0.1, 0.15) is 36.4 Å². The molecule has 1 N–H and O–H groups in total. The minimum Gasteiger partial charge on any atom is -0.491 e. The van der Waals surface area contributed by atoms with E-state index in [0.29, 0.717) is 23.1 Å². The second-order valence-corrected chi connectivity index (χ2v) is 7.58. The van der Waals surface area contributed by atoms with Crippen molar-refractivity contribution in [3.8, 4) is 17.3 Å². The minimum absolute atomic E-state index is 0.0329. The van der Waals surface area contributed by atoms with Gasteiger partial charge in [0, 0.05) is 11.2 Å². The van der Waals surface area contributed by atoms with Gasteiger partial charge >= 0.3 is 6.18 Å². The van der Waals surface area contributed by atoms with E-state index in [-0.39, 0.29) is 24.0 Å². The van der Waals surface area contributed by atoms with Crippen LogP contribution >= 0.6 is 11.6 Å². The number of hydrogen-bond donors (Lipinski definition) is 1. The van der Waals surface area contributed by atoms with E-state index in [1.165, 1.54) is 19.2 Å². The lowest BCUT2D eigenvalue weighted by Crippen LogP contribution is -2.38. The summed E-state index contributed by atoms with van der Waals surface area (Å²) < 4.78 is 52.4. The number of aromatic nitrogens is 3. The topological polar surface area (TPSA) is 82.8 Å². The molecule has 174 valence electrons. The molecule has 3 aromatic rings. The lowest BCUT2D eigenvalue weighted by molar-refractivity contribution is -0.139. The second kappa shape index (κ2) is 9.28. The van der Waals surface area contributed by atoms with Crippen molar-refractivity contribution in [2.45, 2.75) is 19.1 Å². The third-order valence-corrected chi connectivity index (χ3v) is 4.94. The number of imidazole rings is 1. The molecule has 0 saturated heterocycles. The van der Waals surface area contributed by atoms with E-state index in [0.717, 1.165) is 11.8 Å². The molecule has 0 radical (unpaired) electrons. The van der Waals surface area contributed by atoms with Gasteiger partial charge in [-0.15, -0.1) is 0 Å². The van der Waals surface area contributed by atoms with Gasteiger partial charge < -0.3 is 14.0 Å². The average molecular weight is 482 g/mol. The zero-order chi connectivity index (χ0) is 23.6. The Hall–Kier alpha value is -3.31. The van der Waals surface area contributed by atoms with E-state index in [2.05, 4.69) is 20.4 Å². The van der Waals surface area contributed by atoms with Crippen molar-refractivity contribution in [2.24, 2.45) is 4.99 Å². The van der Waals surface area contributed by atoms with Gasteiger partial charge in [-0.25, -0.2) is 15.4 Å². The van der Waals surface area contributed by atoms with Gasteiger partial charge in [-0.05, 0) is 37.3 Å². The standard InChI is InChI=1S/C21H19ClF3N5O3/c1-12-8-30(11-26-12)17-5-4-16(28-20(17)31-2)19-27-14(10-33-29-19)9-32-18-6-3-13(22)7-15(18)21(23,24)25/h3-8,11,14H,9-10H2,1-2H3,(H,27,29)/t14-/m0/s1. The number of nitrogens with one attached hydrogen (secondary N) is 1. The number of alkyl halides is 3. The van der Waals surface area contributed by atoms with Gasteiger partial charge in [0.15, 0.2) is 5.84 Å². The normalized spacial score (nSPS) is 16.2. The Bertz CT molecular complexity index is 1180. The molecule has 1 aliphatic heterocycles. The fraction of sp³-hybridized carbons (Fsp3) is 0.286. The number of amidine groups is 1. The van der Waals surface area contributed by atoms with Crippen LogP contribution < -0.4 is 15.0 Å². The van der Waals surface area contributed by atoms with Crippen molar-refractivity contribution in [2.75, 3.05) is 20.3 Å². The molecule has 0 bridgehead atoms. The van der Waals surface area contributed by atoms with Gasteiger partial charge in [0.25, 0.3) is 0 Å². The minimum atomic E-state index is -4.60. The molecule has 0 amide bonds. The predicted octanol–water partition coefficient (Wildman–Crippen LogP) is 3.99. The number of aryl methyl sites for hydroxylation is 1. The van der Waals surface area contributed by atoms with Crippen molar-refractivity contribution >= 4 is 17.4 Å². The zero-order valence-corrected chi connectivity index (χ0v) is 18.3. The quantitative estimate of drug-likeness (QED) is 0.573. The maximum atomic E-state index is 13.3. The Morgan fingerprint density at radius 1 is 1.27 bits per heavy atom. The maximum absolute atomic E-state index is 13.3. The fourth-order valence-electron chi connectivity index (χ4n) is 3.16. The Morgan fingerprint density at radius 2 is 2.09 bits per heavy atom. The van der Waals surface area contributed by atoms with Gasteiger partial charge in [-0.3, -0.25) is 9.83 Å². The van der Waals surface area contributed by atoms with E-state index in [1.807, 2.05) is 13.1 Å². The number of benzene rings is 1. The summed E-state index contributed by atoms with van der Waals surface area (Å²) in [6.45, 7) is 1.83. The molecule has 0 spiro atoms. The third-order valence-electron chi connectivity index (χ3n) is 4.70. The Morgan fingerprint density at radius 3 is 2.79 bits per heavy atom. The van der Waals surface area contributed by atoms with Crippen molar-refractivity contribution < 1.29 is 27.5 Å². The highest BCUT2D eigenvalue weighted by atomic mass is 35.5. The first-order valence-corrected chi connectivity index (χ1v) is 10.1. The van der Waals surface area contributed by atoms with Crippen LogP contribution in [0.2, 0.25) is 5.02 Å². The summed E-state index contributed by atoms with van der Waals surface area (Å²) in [6, 6.07) is 6.27. The summed E-state index contributed by atoms with van der Waals surface area (Å²) >= 11 is 5.71. The van der Waals surface area contributed by atoms with Crippen LogP contribution in [0.15, 0.2) is 47.8 Å². The first kappa shape index (κ1) is 22.9. The fourth-order valence-corrected chi connectivity index (χ4v) is 3.33. The van der Waals surface area contributed by atoms with Crippen LogP contribution in [-0.4, -0.2) is 46.7 Å². The maximum Gasteiger partial charge on any atom is 0.420 e. The van der Waals surface area contributed by atoms with Crippen molar-refractivity contribution in [3.63, 3.8) is 0 Å². The number of aliphatic imine (C=N–C) groups is 1. The molecule has 1 aromatic carbocycles. The molecule has 1 atom stereocenters. The summed E-state index contributed by atoms with van der Waals surface area (Å²) in [7, 11) is 1.49. The van der Waals surface area contributed by atoms with Gasteiger partial charge in [0.2, 0.25) is 5.88 Å². The first-order valence-electron chi connectivity index (χ1n) is 9.76. The van der Waals surface area contributed by atoms with Crippen LogP contribution in [0.25, 0.3) is 5.69 Å². The number of hydroxylamine groups is 1. The van der Waals surface area contributed by atoms with E-state index in [1.54, 1.807) is 23.0 Å². The van der Waals surface area contributed by atoms with E-state index in [9.17, 15) is 13.2 Å². The van der Waals surface area contributed by atoms with Gasteiger partial charge in [-0.2, -0.15) is 13.2 Å². The molecule has 8 nitrogen and oxygen atoms in total. The molecule has 4 rings (SSSR count). The van der Waals surface area contributed by atoms with E-state index in [4.69, 9.17) is 25.9 Å². The number of ether oxygens (including phenoxy) is 2. The highest BCUT2D eigenvalue weighted by molar-refractivity contribution is 6.30. The lowest BCUT2D eigenvalue weighted by Gasteiger charge is -2.23. The van der Waals surface area contributed by atoms with E-state index >= 15 is 0 Å². The summed E-state index contributed by atoms with van der Waals surface area (Å²) in [4.78, 5) is 18.5. The monoisotopic (exact) mass is 481 g/mol. The Labute approximate surface area is 191 Å². The molecule has 1 aliphatic rings. The largest absolute Gasteiger partial charge is 0.491 e.